The third-order valence-electron chi connectivity index (χ3n) is 6.93. The fourth-order valence-corrected chi connectivity index (χ4v) is 7.00. The van der Waals surface area contributed by atoms with Crippen molar-refractivity contribution in [1.82, 2.24) is 20.1 Å². The molecule has 11 heteroatoms. The molecular weight excluding hydrogens is 571 g/mol. The van der Waals surface area contributed by atoms with E-state index in [2.05, 4.69) is 33.0 Å². The lowest BCUT2D eigenvalue weighted by atomic mass is 10.1. The number of thioether (sulfide) groups is 1. The van der Waals surface area contributed by atoms with E-state index >= 15 is 0 Å². The molecule has 2 aromatic carbocycles. The summed E-state index contributed by atoms with van der Waals surface area (Å²) >= 11 is 2.73. The lowest BCUT2D eigenvalue weighted by Gasteiger charge is -2.12. The Morgan fingerprint density at radius 1 is 1.07 bits per heavy atom. The first-order valence-electron chi connectivity index (χ1n) is 14.0. The summed E-state index contributed by atoms with van der Waals surface area (Å²) in [5.74, 6) is -0.126. The minimum atomic E-state index is -0.391. The van der Waals surface area contributed by atoms with Crippen LogP contribution in [0, 0.1) is 6.92 Å². The van der Waals surface area contributed by atoms with Crippen LogP contribution in [0.2, 0.25) is 0 Å². The highest BCUT2D eigenvalue weighted by molar-refractivity contribution is 7.99. The van der Waals surface area contributed by atoms with E-state index in [1.54, 1.807) is 13.0 Å². The molecule has 1 aliphatic rings. The predicted octanol–water partition coefficient (Wildman–Crippen LogP) is 5.22. The van der Waals surface area contributed by atoms with Crippen molar-refractivity contribution in [3.8, 4) is 0 Å². The number of anilines is 1. The van der Waals surface area contributed by atoms with E-state index in [9.17, 15) is 14.4 Å². The molecule has 0 bridgehead atoms. The van der Waals surface area contributed by atoms with E-state index in [-0.39, 0.29) is 30.7 Å². The van der Waals surface area contributed by atoms with Gasteiger partial charge >= 0.3 is 5.97 Å². The third-order valence-corrected chi connectivity index (χ3v) is 9.11. The molecule has 5 rings (SSSR count). The molecule has 0 radical (unpaired) electrons. The maximum atomic E-state index is 13.1. The maximum Gasteiger partial charge on any atom is 0.341 e. The number of carbonyl (C=O) groups excluding carboxylic acids is 3. The van der Waals surface area contributed by atoms with Crippen LogP contribution >= 0.6 is 23.1 Å². The van der Waals surface area contributed by atoms with Gasteiger partial charge in [-0.25, -0.2) is 4.79 Å². The summed E-state index contributed by atoms with van der Waals surface area (Å²) in [7, 11) is 0. The Balaban J connectivity index is 1.28. The summed E-state index contributed by atoms with van der Waals surface area (Å²) < 4.78 is 7.23. The molecule has 0 atom stereocenters. The second-order valence-electron chi connectivity index (χ2n) is 9.96. The van der Waals surface area contributed by atoms with Crippen molar-refractivity contribution in [3.63, 3.8) is 0 Å². The Morgan fingerprint density at radius 2 is 1.90 bits per heavy atom. The molecule has 2 N–H and O–H groups in total. The number of carbonyl (C=O) groups is 3. The van der Waals surface area contributed by atoms with Gasteiger partial charge in [-0.1, -0.05) is 59.8 Å². The molecule has 4 aromatic rings. The maximum absolute atomic E-state index is 13.1. The average Bonchev–Trinajstić information content (AvgIpc) is 3.69. The summed E-state index contributed by atoms with van der Waals surface area (Å²) in [4.78, 5) is 39.6. The summed E-state index contributed by atoms with van der Waals surface area (Å²) in [6.07, 6.45) is 3.47. The number of esters is 1. The van der Waals surface area contributed by atoms with Gasteiger partial charge < -0.3 is 19.9 Å². The highest BCUT2D eigenvalue weighted by atomic mass is 32.2. The highest BCUT2D eigenvalue weighted by Crippen LogP contribution is 2.39. The number of nitrogens with one attached hydrogen (secondary N) is 2. The molecule has 42 heavy (non-hydrogen) atoms. The van der Waals surface area contributed by atoms with E-state index in [1.807, 2.05) is 47.9 Å². The lowest BCUT2D eigenvalue weighted by molar-refractivity contribution is -0.113. The summed E-state index contributed by atoms with van der Waals surface area (Å²) in [6.45, 7) is 4.78. The van der Waals surface area contributed by atoms with Gasteiger partial charge in [-0.15, -0.1) is 21.5 Å². The van der Waals surface area contributed by atoms with Gasteiger partial charge in [0.05, 0.1) is 24.5 Å². The van der Waals surface area contributed by atoms with Crippen LogP contribution in [0.1, 0.15) is 61.5 Å². The number of hydrogen-bond donors (Lipinski definition) is 2. The smallest absolute Gasteiger partial charge is 0.341 e. The van der Waals surface area contributed by atoms with Gasteiger partial charge in [0.15, 0.2) is 11.0 Å². The molecule has 0 spiro atoms. The topological polar surface area (TPSA) is 115 Å². The van der Waals surface area contributed by atoms with E-state index in [0.29, 0.717) is 33.7 Å². The molecule has 0 aliphatic heterocycles. The van der Waals surface area contributed by atoms with Crippen molar-refractivity contribution in [2.24, 2.45) is 0 Å². The van der Waals surface area contributed by atoms with Gasteiger partial charge in [-0.2, -0.15) is 0 Å². The zero-order valence-corrected chi connectivity index (χ0v) is 25.3. The molecule has 0 saturated carbocycles. The zero-order chi connectivity index (χ0) is 29.5. The molecule has 2 heterocycles. The summed E-state index contributed by atoms with van der Waals surface area (Å²) in [5, 5.41) is 15.7. The minimum absolute atomic E-state index is 0.0873. The molecule has 0 saturated heterocycles. The fourth-order valence-electron chi connectivity index (χ4n) is 4.92. The summed E-state index contributed by atoms with van der Waals surface area (Å²) in [5.41, 5.74) is 4.24. The van der Waals surface area contributed by atoms with Crippen molar-refractivity contribution < 1.29 is 19.1 Å². The molecule has 218 valence electrons. The van der Waals surface area contributed by atoms with Crippen LogP contribution in [-0.4, -0.2) is 44.9 Å². The van der Waals surface area contributed by atoms with Crippen LogP contribution in [0.5, 0.6) is 0 Å². The highest BCUT2D eigenvalue weighted by Gasteiger charge is 2.28. The molecule has 0 fully saturated rings. The third kappa shape index (κ3) is 7.08. The Hall–Kier alpha value is -3.96. The van der Waals surface area contributed by atoms with Gasteiger partial charge in [-0.3, -0.25) is 9.59 Å². The zero-order valence-electron chi connectivity index (χ0n) is 23.6. The molecule has 0 unspecified atom stereocenters. The number of aryl methyl sites for hydroxylation is 3. The van der Waals surface area contributed by atoms with Crippen LogP contribution in [0.25, 0.3) is 0 Å². The molecular formula is C31H33N5O4S2. The first kappa shape index (κ1) is 29.5. The molecule has 2 amide bonds. The van der Waals surface area contributed by atoms with Crippen molar-refractivity contribution >= 4 is 45.9 Å². The molecule has 9 nitrogen and oxygen atoms in total. The number of benzene rings is 2. The number of nitrogens with zero attached hydrogens (tertiary/aromatic N) is 3. The Labute approximate surface area is 253 Å². The number of hydrogen-bond acceptors (Lipinski definition) is 8. The Bertz CT molecular complexity index is 1580. The van der Waals surface area contributed by atoms with Gasteiger partial charge in [-0.05, 0) is 62.8 Å². The average molecular weight is 604 g/mol. The quantitative estimate of drug-likeness (QED) is 0.169. The second kappa shape index (κ2) is 13.8. The molecule has 2 aromatic heterocycles. The number of thiophene rings is 1. The number of ether oxygens (including phenoxy) is 1. The number of amides is 2. The van der Waals surface area contributed by atoms with Gasteiger partial charge in [0.1, 0.15) is 5.00 Å². The van der Waals surface area contributed by atoms with E-state index in [4.69, 9.17) is 4.74 Å². The standard InChI is InChI=1S/C31H33N5O4S2/c1-3-40-30(39)27-23-13-8-14-24(23)42-29(27)33-26(37)19-41-31-35-34-25(36(31)16-15-21-10-5-4-6-11-21)18-32-28(38)22-12-7-9-20(2)17-22/h4-7,9-12,17H,3,8,13-16,18-19H2,1-2H3,(H,32,38)(H,33,37). The first-order valence-corrected chi connectivity index (χ1v) is 15.8. The van der Waals surface area contributed by atoms with Crippen molar-refractivity contribution in [2.75, 3.05) is 17.7 Å². The van der Waals surface area contributed by atoms with Gasteiger partial charge in [0.25, 0.3) is 5.91 Å². The number of rotatable bonds is 12. The minimum Gasteiger partial charge on any atom is -0.462 e. The van der Waals surface area contributed by atoms with Crippen LogP contribution in [0.4, 0.5) is 5.00 Å². The van der Waals surface area contributed by atoms with Crippen molar-refractivity contribution in [1.29, 1.82) is 0 Å². The SMILES string of the molecule is CCOC(=O)c1c(NC(=O)CSc2nnc(CNC(=O)c3cccc(C)c3)n2CCc2ccccc2)sc2c1CCC2. The Morgan fingerprint density at radius 3 is 2.69 bits per heavy atom. The summed E-state index contributed by atoms with van der Waals surface area (Å²) in [6, 6.07) is 17.5. The number of fused-ring (bicyclic) bond motifs is 1. The lowest BCUT2D eigenvalue weighted by Crippen LogP contribution is -2.25. The number of aromatic nitrogens is 3. The van der Waals surface area contributed by atoms with Gasteiger partial charge in [0.2, 0.25) is 5.91 Å². The monoisotopic (exact) mass is 603 g/mol. The van der Waals surface area contributed by atoms with Crippen molar-refractivity contribution in [2.45, 2.75) is 57.8 Å². The van der Waals surface area contributed by atoms with Crippen LogP contribution < -0.4 is 10.6 Å². The van der Waals surface area contributed by atoms with E-state index in [1.165, 1.54) is 23.1 Å². The van der Waals surface area contributed by atoms with E-state index < -0.39 is 5.97 Å². The fraction of sp³-hybridized carbons (Fsp3) is 0.323. The first-order chi connectivity index (χ1) is 20.4. The largest absolute Gasteiger partial charge is 0.462 e. The van der Waals surface area contributed by atoms with Gasteiger partial charge in [0, 0.05) is 17.0 Å². The predicted molar refractivity (Wildman–Crippen MR) is 164 cm³/mol. The van der Waals surface area contributed by atoms with Crippen LogP contribution in [0.15, 0.2) is 59.8 Å². The second-order valence-corrected chi connectivity index (χ2v) is 12.0. The van der Waals surface area contributed by atoms with Crippen LogP contribution in [-0.2, 0) is 41.9 Å². The molecule has 1 aliphatic carbocycles. The van der Waals surface area contributed by atoms with Crippen LogP contribution in [0.3, 0.4) is 0 Å². The van der Waals surface area contributed by atoms with Crippen molar-refractivity contribution in [3.05, 3.63) is 93.1 Å². The normalized spacial score (nSPS) is 12.1. The van der Waals surface area contributed by atoms with E-state index in [0.717, 1.165) is 47.3 Å². The Kier molecular flexibility index (Phi) is 9.70.